The molecule has 0 unspecified atom stereocenters. The summed E-state index contributed by atoms with van der Waals surface area (Å²) in [6.07, 6.45) is 2.12. The van der Waals surface area contributed by atoms with Crippen LogP contribution >= 0.6 is 15.9 Å². The number of rotatable bonds is 18. The summed E-state index contributed by atoms with van der Waals surface area (Å²) in [5.41, 5.74) is 1.05. The molecule has 0 aromatic heterocycles. The molecule has 0 aliphatic carbocycles. The molecule has 8 bridgehead atoms. The van der Waals surface area contributed by atoms with Crippen LogP contribution in [0.2, 0.25) is 53.8 Å². The van der Waals surface area contributed by atoms with Crippen molar-refractivity contribution >= 4 is 106 Å². The van der Waals surface area contributed by atoms with Gasteiger partial charge in [-0.3, -0.25) is 0 Å². The van der Waals surface area contributed by atoms with E-state index in [0.29, 0.717) is 42.3 Å². The first-order valence-corrected chi connectivity index (χ1v) is 44.9. The fraction of sp³-hybridized carbons (Fsp3) is 0.789. The predicted molar refractivity (Wildman–Crippen MR) is 258 cm³/mol. The minimum atomic E-state index is -4.55. The van der Waals surface area contributed by atoms with E-state index in [1.54, 1.807) is 0 Å². The summed E-state index contributed by atoms with van der Waals surface area (Å²) in [6, 6.07) is 11.3. The van der Waals surface area contributed by atoms with E-state index in [1.807, 2.05) is 12.1 Å². The Balaban J connectivity index is 1.73. The number of hydrogen-bond donors (Lipinski definition) is 0. The topological polar surface area (TPSA) is 120 Å². The van der Waals surface area contributed by atoms with Crippen LogP contribution in [0.25, 0.3) is 6.08 Å². The van der Waals surface area contributed by atoms with Gasteiger partial charge in [0.25, 0.3) is 0 Å². The van der Waals surface area contributed by atoms with Crippen LogP contribution < -0.4 is 0 Å². The van der Waals surface area contributed by atoms with Gasteiger partial charge in [-0.25, -0.2) is 0 Å². The van der Waals surface area contributed by atoms with Gasteiger partial charge < -0.3 is 0 Å². The zero-order valence-electron chi connectivity index (χ0n) is 39.6. The molecule has 6 saturated heterocycles. The Morgan fingerprint density at radius 2 is 0.656 bits per heavy atom. The van der Waals surface area contributed by atoms with Crippen LogP contribution in [0.5, 0.6) is 0 Å². The van der Waals surface area contributed by atoms with Crippen molar-refractivity contribution in [3.63, 3.8) is 0 Å². The Morgan fingerprint density at radius 1 is 0.426 bits per heavy atom. The van der Waals surface area contributed by atoms with E-state index in [-0.39, 0.29) is 41.4 Å². The van der Waals surface area contributed by atoms with Gasteiger partial charge in [-0.15, -0.1) is 0 Å². The average molecular weight is 1120 g/mol. The van der Waals surface area contributed by atoms with Crippen molar-refractivity contribution in [3.8, 4) is 0 Å². The van der Waals surface area contributed by atoms with Gasteiger partial charge in [-0.05, 0) is 0 Å². The van der Waals surface area contributed by atoms with Crippen LogP contribution in [0.15, 0.2) is 33.6 Å². The molecule has 0 atom stereocenters. The van der Waals surface area contributed by atoms with Crippen molar-refractivity contribution in [2.24, 2.45) is 41.4 Å². The summed E-state index contributed by atoms with van der Waals surface area (Å²) in [5.74, 6) is 4.91. The van der Waals surface area contributed by atoms with Crippen molar-refractivity contribution in [1.29, 1.82) is 0 Å². The van der Waals surface area contributed by atoms with Crippen molar-refractivity contribution in [2.45, 2.75) is 151 Å². The maximum absolute atomic E-state index is 7.84. The molecule has 61 heavy (non-hydrogen) atoms. The second-order valence-electron chi connectivity index (χ2n) is 21.3. The van der Waals surface area contributed by atoms with Gasteiger partial charge in [0, 0.05) is 0 Å². The molecule has 6 aliphatic heterocycles. The van der Waals surface area contributed by atoms with Crippen molar-refractivity contribution < 1.29 is 52.8 Å². The third-order valence-electron chi connectivity index (χ3n) is 10.2. The molecule has 0 saturated carbocycles. The van der Waals surface area contributed by atoms with Crippen molar-refractivity contribution in [3.05, 3.63) is 39.2 Å². The first-order chi connectivity index (χ1) is 28.1. The minimum absolute atomic E-state index is 0.0589. The SMILES string of the molecule is CC(C)C[Si]12O[Si]3(CC(C)C)O[Si]4(CC(C)C)O[Si](CC(C)C)(O1)O[Si]1(CC(C)C)O[Si](CC(C)C)(O2)O[Si](CC(C)C)(O3)O[Si]([O][Ge]([CH3])([CH3])/[CH]=C/c2ccc(Br)cc2)(O4)O1. The molecular formula is C38H75BrGeO13Si8. The van der Waals surface area contributed by atoms with Gasteiger partial charge in [-0.1, -0.05) is 0 Å². The zero-order valence-corrected chi connectivity index (χ0v) is 51.3. The first-order valence-electron chi connectivity index (χ1n) is 22.6. The van der Waals surface area contributed by atoms with Gasteiger partial charge in [0.15, 0.2) is 0 Å². The molecule has 6 fully saturated rings. The number of hydrogen-bond acceptors (Lipinski definition) is 13. The van der Waals surface area contributed by atoms with Crippen LogP contribution in [0, 0.1) is 41.4 Å². The predicted octanol–water partition coefficient (Wildman–Crippen LogP) is 11.1. The van der Waals surface area contributed by atoms with Crippen LogP contribution in [-0.4, -0.2) is 84.3 Å². The number of benzene rings is 1. The summed E-state index contributed by atoms with van der Waals surface area (Å²) in [6.45, 7) is 30.2. The van der Waals surface area contributed by atoms with Gasteiger partial charge in [0.2, 0.25) is 0 Å². The van der Waals surface area contributed by atoms with Gasteiger partial charge in [-0.2, -0.15) is 0 Å². The van der Waals surface area contributed by atoms with E-state index >= 15 is 0 Å². The summed E-state index contributed by atoms with van der Waals surface area (Å²) >= 11 is -0.0413. The molecule has 348 valence electrons. The van der Waals surface area contributed by atoms with Gasteiger partial charge in [0.1, 0.15) is 0 Å². The molecule has 1 aromatic rings. The van der Waals surface area contributed by atoms with Crippen molar-refractivity contribution in [1.82, 2.24) is 0 Å². The molecular weight excluding hydrogens is 1040 g/mol. The molecule has 0 N–H and O–H groups in total. The molecule has 6 aliphatic rings. The average Bonchev–Trinajstić information content (AvgIpc) is 2.97. The summed E-state index contributed by atoms with van der Waals surface area (Å²) in [7, 11) is -32.8. The van der Waals surface area contributed by atoms with E-state index in [4.69, 9.17) is 52.8 Å². The summed E-state index contributed by atoms with van der Waals surface area (Å²) in [4.78, 5) is 2.19. The zero-order chi connectivity index (χ0) is 45.1. The third-order valence-corrected chi connectivity index (χ3v) is 56.7. The Bertz CT molecular complexity index is 1560. The Kier molecular flexibility index (Phi) is 16.0. The molecule has 0 radical (unpaired) electrons. The van der Waals surface area contributed by atoms with Gasteiger partial charge >= 0.3 is 391 Å². The molecule has 7 rings (SSSR count). The normalized spacial score (nSPS) is 37.8. The van der Waals surface area contributed by atoms with E-state index in [2.05, 4.69) is 147 Å². The van der Waals surface area contributed by atoms with Crippen molar-refractivity contribution in [2.75, 3.05) is 0 Å². The van der Waals surface area contributed by atoms with Crippen LogP contribution in [0.4, 0.5) is 0 Å². The molecule has 6 heterocycles. The first kappa shape index (κ1) is 51.6. The Labute approximate surface area is 387 Å². The molecule has 1 aromatic carbocycles. The Hall–Kier alpha value is 1.20. The second-order valence-corrected chi connectivity index (χ2v) is 54.3. The van der Waals surface area contributed by atoms with E-state index in [0.717, 1.165) is 10.0 Å². The quantitative estimate of drug-likeness (QED) is 0.130. The second kappa shape index (κ2) is 18.9. The van der Waals surface area contributed by atoms with Crippen LogP contribution in [0.1, 0.15) is 102 Å². The summed E-state index contributed by atoms with van der Waals surface area (Å²) in [5, 5.41) is 0. The fourth-order valence-corrected chi connectivity index (χ4v) is 67.1. The molecule has 0 spiro atoms. The van der Waals surface area contributed by atoms with Crippen LogP contribution in [-0.2, 0) is 52.8 Å². The summed E-state index contributed by atoms with van der Waals surface area (Å²) < 4.78 is 103. The van der Waals surface area contributed by atoms with E-state index in [1.165, 1.54) is 0 Å². The third kappa shape index (κ3) is 12.7. The molecule has 13 nitrogen and oxygen atoms in total. The number of halogens is 1. The van der Waals surface area contributed by atoms with E-state index < -0.39 is 84.3 Å². The maximum atomic E-state index is 7.84. The molecule has 0 amide bonds. The molecule has 23 heteroatoms. The Morgan fingerprint density at radius 3 is 0.885 bits per heavy atom. The van der Waals surface area contributed by atoms with Gasteiger partial charge in [0.05, 0.1) is 0 Å². The van der Waals surface area contributed by atoms with E-state index in [9.17, 15) is 0 Å². The van der Waals surface area contributed by atoms with Crippen LogP contribution in [0.3, 0.4) is 0 Å². The fourth-order valence-electron chi connectivity index (χ4n) is 8.87. The standard InChI is InChI=1S/C38H75BrGeO13Si8/c1-30(2)23-54-42-55(24-31(3)4)45-58(27-34(9)10)47-56(43-54,25-32(5)6)49-60(29-36(13)14)50-57(44-54,26-33(7)8)48-59(46-55,28-35(11)12)52-61(51-58,53-60)41-40(15,16)22-21-37-17-19-38(39)20-18-37/h17-22,30-36H,23-29H2,1-16H3/b22-21+. The monoisotopic (exact) mass is 1120 g/mol.